The van der Waals surface area contributed by atoms with Crippen LogP contribution in [0.25, 0.3) is 0 Å². The number of benzene rings is 4. The van der Waals surface area contributed by atoms with Gasteiger partial charge in [-0.2, -0.15) is 0 Å². The number of hydrogen-bond donors (Lipinski definition) is 0. The van der Waals surface area contributed by atoms with E-state index in [9.17, 15) is 4.79 Å². The van der Waals surface area contributed by atoms with E-state index in [1.54, 1.807) is 0 Å². The molecule has 34 heavy (non-hydrogen) atoms. The Morgan fingerprint density at radius 2 is 1.32 bits per heavy atom. The number of likely N-dealkylation sites (tertiary alicyclic amines) is 1. The number of rotatable bonds is 7. The van der Waals surface area contributed by atoms with E-state index in [1.165, 1.54) is 19.5 Å². The second-order valence-electron chi connectivity index (χ2n) is 8.49. The molecular weight excluding hydrogens is 500 g/mol. The van der Waals surface area contributed by atoms with Crippen LogP contribution in [0.4, 0.5) is 0 Å². The van der Waals surface area contributed by atoms with Crippen molar-refractivity contribution in [2.24, 2.45) is 0 Å². The van der Waals surface area contributed by atoms with Gasteiger partial charge in [0.1, 0.15) is 0 Å². The summed E-state index contributed by atoms with van der Waals surface area (Å²) in [6, 6.07) is 40.7. The summed E-state index contributed by atoms with van der Waals surface area (Å²) in [5, 5.41) is 2.77. The molecule has 0 aliphatic carbocycles. The Balaban J connectivity index is 1.40. The molecule has 1 saturated heterocycles. The maximum absolute atomic E-state index is 13.9. The maximum atomic E-state index is 13.9. The van der Waals surface area contributed by atoms with E-state index in [1.807, 2.05) is 18.2 Å². The molecule has 0 N–H and O–H groups in total. The molecule has 0 aromatic heterocycles. The van der Waals surface area contributed by atoms with Gasteiger partial charge in [-0.3, -0.25) is 0 Å². The second kappa shape index (κ2) is 11.1. The number of carbonyl (C=O) groups is 1. The quantitative estimate of drug-likeness (QED) is 0.262. The van der Waals surface area contributed by atoms with E-state index in [0.717, 1.165) is 31.1 Å². The summed E-state index contributed by atoms with van der Waals surface area (Å²) in [6.45, 7) is 0.850. The van der Waals surface area contributed by atoms with Gasteiger partial charge in [0.15, 0.2) is 0 Å². The van der Waals surface area contributed by atoms with Gasteiger partial charge < -0.3 is 0 Å². The monoisotopic (exact) mass is 529 g/mol. The summed E-state index contributed by atoms with van der Waals surface area (Å²) in [7, 11) is -0.520. The van der Waals surface area contributed by atoms with E-state index in [0.29, 0.717) is 0 Å². The van der Waals surface area contributed by atoms with Crippen LogP contribution in [0, 0.1) is 0 Å². The third kappa shape index (κ3) is 5.34. The molecule has 1 aliphatic heterocycles. The first kappa shape index (κ1) is 23.1. The predicted octanol–water partition coefficient (Wildman–Crippen LogP) is 4.08. The van der Waals surface area contributed by atoms with Crippen LogP contribution in [0.5, 0.6) is 0 Å². The van der Waals surface area contributed by atoms with Crippen LogP contribution in [0.1, 0.15) is 23.2 Å². The van der Waals surface area contributed by atoms with E-state index < -0.39 is 7.92 Å². The average molecular weight is 528 g/mol. The fourth-order valence-corrected chi connectivity index (χ4v) is 9.18. The standard InChI is InChI=1S/C30H28NOPSe/c32-30(28-20-10-11-21-29(28)34-27-18-8-3-9-19-27)31-22-12-13-24(31)23-33(25-14-4-1-5-15-25)26-16-6-2-7-17-26/h1-11,14-21,24H,12-13,22-23H2/t24-/m0/s1. The van der Waals surface area contributed by atoms with Crippen LogP contribution in [0.2, 0.25) is 0 Å². The van der Waals surface area contributed by atoms with Crippen molar-refractivity contribution in [3.8, 4) is 0 Å². The van der Waals surface area contributed by atoms with Gasteiger partial charge in [0.2, 0.25) is 0 Å². The molecule has 0 saturated carbocycles. The van der Waals surface area contributed by atoms with Gasteiger partial charge in [-0.05, 0) is 0 Å². The third-order valence-corrected chi connectivity index (χ3v) is 11.2. The van der Waals surface area contributed by atoms with Gasteiger partial charge in [0.05, 0.1) is 0 Å². The zero-order valence-corrected chi connectivity index (χ0v) is 21.7. The van der Waals surface area contributed by atoms with E-state index in [-0.39, 0.29) is 26.9 Å². The summed E-state index contributed by atoms with van der Waals surface area (Å²) >= 11 is 0.115. The number of amides is 1. The molecule has 5 rings (SSSR count). The Labute approximate surface area is 209 Å². The number of carbonyl (C=O) groups excluding carboxylic acids is 1. The molecule has 0 bridgehead atoms. The van der Waals surface area contributed by atoms with Crippen LogP contribution in [-0.2, 0) is 0 Å². The zero-order valence-electron chi connectivity index (χ0n) is 19.1. The second-order valence-corrected chi connectivity index (χ2v) is 13.1. The fraction of sp³-hybridized carbons (Fsp3) is 0.167. The minimum atomic E-state index is -0.520. The summed E-state index contributed by atoms with van der Waals surface area (Å²) in [5.74, 6) is 0.201. The van der Waals surface area contributed by atoms with Gasteiger partial charge in [-0.25, -0.2) is 0 Å². The van der Waals surface area contributed by atoms with E-state index >= 15 is 0 Å². The van der Waals surface area contributed by atoms with Crippen LogP contribution < -0.4 is 19.5 Å². The normalized spacial score (nSPS) is 15.6. The van der Waals surface area contributed by atoms with Crippen LogP contribution in [-0.4, -0.2) is 44.5 Å². The van der Waals surface area contributed by atoms with Gasteiger partial charge in [-0.15, -0.1) is 0 Å². The Morgan fingerprint density at radius 1 is 0.765 bits per heavy atom. The molecule has 0 spiro atoms. The van der Waals surface area contributed by atoms with Gasteiger partial charge in [0.25, 0.3) is 0 Å². The summed E-state index contributed by atoms with van der Waals surface area (Å²) in [5.41, 5.74) is 0.877. The van der Waals surface area contributed by atoms with Crippen molar-refractivity contribution in [3.63, 3.8) is 0 Å². The summed E-state index contributed by atoms with van der Waals surface area (Å²) in [4.78, 5) is 16.0. The molecule has 2 nitrogen and oxygen atoms in total. The minimum absolute atomic E-state index is 0.115. The molecule has 0 unspecified atom stereocenters. The van der Waals surface area contributed by atoms with Crippen LogP contribution in [0.3, 0.4) is 0 Å². The molecule has 1 amide bonds. The third-order valence-electron chi connectivity index (χ3n) is 6.26. The molecule has 4 aromatic carbocycles. The fourth-order valence-electron chi connectivity index (χ4n) is 4.58. The Morgan fingerprint density at radius 3 is 1.97 bits per heavy atom. The predicted molar refractivity (Wildman–Crippen MR) is 146 cm³/mol. The summed E-state index contributed by atoms with van der Waals surface area (Å²) in [6.07, 6.45) is 3.17. The van der Waals surface area contributed by atoms with E-state index in [4.69, 9.17) is 0 Å². The molecule has 0 radical (unpaired) electrons. The van der Waals surface area contributed by atoms with Crippen molar-refractivity contribution in [2.75, 3.05) is 12.7 Å². The zero-order chi connectivity index (χ0) is 23.2. The van der Waals surface area contributed by atoms with Gasteiger partial charge in [-0.1, -0.05) is 0 Å². The molecule has 170 valence electrons. The molecular formula is C30H28NOPSe. The van der Waals surface area contributed by atoms with Crippen molar-refractivity contribution in [1.29, 1.82) is 0 Å². The van der Waals surface area contributed by atoms with Crippen molar-refractivity contribution < 1.29 is 4.79 Å². The molecule has 1 fully saturated rings. The first-order valence-corrected chi connectivity index (χ1v) is 15.0. The van der Waals surface area contributed by atoms with E-state index in [2.05, 4.69) is 102 Å². The van der Waals surface area contributed by atoms with Crippen molar-refractivity contribution >= 4 is 48.3 Å². The van der Waals surface area contributed by atoms with Crippen LogP contribution >= 0.6 is 7.92 Å². The number of hydrogen-bond acceptors (Lipinski definition) is 1. The molecule has 1 heterocycles. The first-order chi connectivity index (χ1) is 16.8. The molecule has 4 aromatic rings. The molecule has 1 atom stereocenters. The number of nitrogens with zero attached hydrogens (tertiary/aromatic N) is 1. The molecule has 4 heteroatoms. The van der Waals surface area contributed by atoms with Gasteiger partial charge in [0, 0.05) is 0 Å². The van der Waals surface area contributed by atoms with Crippen molar-refractivity contribution in [2.45, 2.75) is 18.9 Å². The van der Waals surface area contributed by atoms with Crippen molar-refractivity contribution in [1.82, 2.24) is 4.90 Å². The molecule has 1 aliphatic rings. The van der Waals surface area contributed by atoms with Crippen LogP contribution in [0.15, 0.2) is 115 Å². The topological polar surface area (TPSA) is 20.3 Å². The Bertz CT molecular complexity index is 1180. The average Bonchev–Trinajstić information content (AvgIpc) is 3.37. The SMILES string of the molecule is O=C(c1ccccc1[Se]c1ccccc1)N1CCC[C@H]1CP(c1ccccc1)c1ccccc1. The van der Waals surface area contributed by atoms with Crippen molar-refractivity contribution in [3.05, 3.63) is 121 Å². The summed E-state index contributed by atoms with van der Waals surface area (Å²) < 4.78 is 2.47. The first-order valence-electron chi connectivity index (χ1n) is 11.8. The van der Waals surface area contributed by atoms with Gasteiger partial charge >= 0.3 is 210 Å². The Kier molecular flexibility index (Phi) is 7.56. The Hall–Kier alpha value is -2.70.